The highest BCUT2D eigenvalue weighted by molar-refractivity contribution is 5.79. The number of pyridine rings is 1. The summed E-state index contributed by atoms with van der Waals surface area (Å²) in [5, 5.41) is 0.772. The van der Waals surface area contributed by atoms with E-state index in [4.69, 9.17) is 0 Å². The second-order valence-electron chi connectivity index (χ2n) is 10.1. The number of hydrogen-bond donors (Lipinski definition) is 0. The number of hydrogen-bond acceptors (Lipinski definition) is 1. The summed E-state index contributed by atoms with van der Waals surface area (Å²) in [7, 11) is 2.02. The van der Waals surface area contributed by atoms with Crippen LogP contribution in [0, 0.1) is 17.8 Å². The first-order chi connectivity index (χ1) is 16.7. The average Bonchev–Trinajstić information content (AvgIpc) is 2.85. The van der Waals surface area contributed by atoms with Crippen LogP contribution in [0.15, 0.2) is 35.1 Å². The summed E-state index contributed by atoms with van der Waals surface area (Å²) in [6.45, 7) is 4.56. The standard InChI is InChI=1S/C32H49NO/c1-4-6-8-10-12-14-16-18-22-28(21-17-15-13-11-9-7-5-2)25-26-29-27-32(34)30-23-19-20-24-31(30)33(29)3/h19-20,23-24,27-28H,4-18,21-22H2,1-3H3. The van der Waals surface area contributed by atoms with E-state index in [1.54, 1.807) is 6.07 Å². The van der Waals surface area contributed by atoms with Crippen LogP contribution in [0.5, 0.6) is 0 Å². The maximum atomic E-state index is 12.6. The molecule has 0 N–H and O–H groups in total. The van der Waals surface area contributed by atoms with Gasteiger partial charge in [-0.05, 0) is 30.9 Å². The Morgan fingerprint density at radius 2 is 1.24 bits per heavy atom. The van der Waals surface area contributed by atoms with E-state index in [0.717, 1.165) is 16.6 Å². The summed E-state index contributed by atoms with van der Waals surface area (Å²) in [6.07, 6.45) is 22.6. The minimum atomic E-state index is 0.0738. The van der Waals surface area contributed by atoms with Crippen molar-refractivity contribution in [3.05, 3.63) is 46.2 Å². The molecule has 1 aromatic carbocycles. The van der Waals surface area contributed by atoms with Crippen molar-refractivity contribution in [2.24, 2.45) is 13.0 Å². The summed E-state index contributed by atoms with van der Waals surface area (Å²) in [5.41, 5.74) is 1.87. The Labute approximate surface area is 209 Å². The van der Waals surface area contributed by atoms with Gasteiger partial charge in [-0.1, -0.05) is 128 Å². The first-order valence-corrected chi connectivity index (χ1v) is 14.3. The predicted molar refractivity (Wildman–Crippen MR) is 149 cm³/mol. The van der Waals surface area contributed by atoms with Gasteiger partial charge in [0.15, 0.2) is 5.43 Å². The Morgan fingerprint density at radius 3 is 1.79 bits per heavy atom. The fourth-order valence-corrected chi connectivity index (χ4v) is 4.86. The van der Waals surface area contributed by atoms with Gasteiger partial charge in [0, 0.05) is 24.4 Å². The zero-order valence-electron chi connectivity index (χ0n) is 22.3. The van der Waals surface area contributed by atoms with Crippen LogP contribution in [0.2, 0.25) is 0 Å². The molecule has 0 aliphatic heterocycles. The van der Waals surface area contributed by atoms with Gasteiger partial charge >= 0.3 is 0 Å². The van der Waals surface area contributed by atoms with Crippen molar-refractivity contribution in [1.82, 2.24) is 4.57 Å². The van der Waals surface area contributed by atoms with Crippen LogP contribution in [0.1, 0.15) is 129 Å². The van der Waals surface area contributed by atoms with Gasteiger partial charge in [-0.15, -0.1) is 0 Å². The van der Waals surface area contributed by atoms with Gasteiger partial charge in [-0.2, -0.15) is 0 Å². The molecule has 2 nitrogen and oxygen atoms in total. The van der Waals surface area contributed by atoms with Crippen molar-refractivity contribution in [2.45, 2.75) is 123 Å². The van der Waals surface area contributed by atoms with Crippen LogP contribution in [0.3, 0.4) is 0 Å². The largest absolute Gasteiger partial charge is 0.337 e. The third-order valence-corrected chi connectivity index (χ3v) is 7.13. The van der Waals surface area contributed by atoms with Crippen molar-refractivity contribution in [2.75, 3.05) is 0 Å². The van der Waals surface area contributed by atoms with E-state index in [2.05, 4.69) is 30.3 Å². The Morgan fingerprint density at radius 1 is 0.735 bits per heavy atom. The highest BCUT2D eigenvalue weighted by atomic mass is 16.1. The van der Waals surface area contributed by atoms with E-state index in [9.17, 15) is 4.79 Å². The third-order valence-electron chi connectivity index (χ3n) is 7.13. The van der Waals surface area contributed by atoms with Crippen LogP contribution in [0.4, 0.5) is 0 Å². The second kappa shape index (κ2) is 17.4. The van der Waals surface area contributed by atoms with Crippen molar-refractivity contribution >= 4 is 10.9 Å². The van der Waals surface area contributed by atoms with Gasteiger partial charge in [0.25, 0.3) is 0 Å². The van der Waals surface area contributed by atoms with Gasteiger partial charge in [0.05, 0.1) is 11.2 Å². The molecule has 34 heavy (non-hydrogen) atoms. The molecule has 0 amide bonds. The fourth-order valence-electron chi connectivity index (χ4n) is 4.86. The lowest BCUT2D eigenvalue weighted by Crippen LogP contribution is -2.09. The zero-order valence-corrected chi connectivity index (χ0v) is 22.3. The van der Waals surface area contributed by atoms with E-state index in [1.165, 1.54) is 109 Å². The number of aromatic nitrogens is 1. The van der Waals surface area contributed by atoms with Crippen LogP contribution in [0.25, 0.3) is 10.9 Å². The lowest BCUT2D eigenvalue weighted by atomic mass is 9.94. The summed E-state index contributed by atoms with van der Waals surface area (Å²) in [6, 6.07) is 9.55. The Kier molecular flexibility index (Phi) is 14.5. The molecule has 1 atom stereocenters. The van der Waals surface area contributed by atoms with E-state index < -0.39 is 0 Å². The lowest BCUT2D eigenvalue weighted by Gasteiger charge is -2.12. The van der Waals surface area contributed by atoms with Crippen molar-refractivity contribution in [3.63, 3.8) is 0 Å². The normalized spacial score (nSPS) is 12.0. The van der Waals surface area contributed by atoms with Gasteiger partial charge in [-0.25, -0.2) is 0 Å². The monoisotopic (exact) mass is 463 g/mol. The molecule has 0 radical (unpaired) electrons. The highest BCUT2D eigenvalue weighted by Crippen LogP contribution is 2.20. The molecule has 2 aromatic rings. The third kappa shape index (κ3) is 10.5. The summed E-state index contributed by atoms with van der Waals surface area (Å²) >= 11 is 0. The molecular weight excluding hydrogens is 414 g/mol. The van der Waals surface area contributed by atoms with Crippen LogP contribution in [-0.4, -0.2) is 4.57 Å². The van der Waals surface area contributed by atoms with Crippen molar-refractivity contribution in [3.8, 4) is 11.8 Å². The number of rotatable bonds is 17. The molecule has 1 aromatic heterocycles. The van der Waals surface area contributed by atoms with Crippen LogP contribution >= 0.6 is 0 Å². The maximum Gasteiger partial charge on any atom is 0.190 e. The second-order valence-corrected chi connectivity index (χ2v) is 10.1. The molecule has 2 heteroatoms. The van der Waals surface area contributed by atoms with Gasteiger partial charge in [0.1, 0.15) is 0 Å². The van der Waals surface area contributed by atoms with Gasteiger partial charge < -0.3 is 4.57 Å². The summed E-state index contributed by atoms with van der Waals surface area (Å²) in [4.78, 5) is 12.6. The van der Waals surface area contributed by atoms with E-state index in [0.29, 0.717) is 5.92 Å². The molecule has 0 aliphatic carbocycles. The van der Waals surface area contributed by atoms with Crippen LogP contribution < -0.4 is 5.43 Å². The van der Waals surface area contributed by atoms with E-state index in [-0.39, 0.29) is 5.43 Å². The van der Waals surface area contributed by atoms with Crippen molar-refractivity contribution in [1.29, 1.82) is 0 Å². The molecule has 1 unspecified atom stereocenters. The number of para-hydroxylation sites is 1. The van der Waals surface area contributed by atoms with Gasteiger partial charge in [0.2, 0.25) is 0 Å². The number of unbranched alkanes of at least 4 members (excludes halogenated alkanes) is 13. The Bertz CT molecular complexity index is 929. The van der Waals surface area contributed by atoms with Crippen molar-refractivity contribution < 1.29 is 0 Å². The summed E-state index contributed by atoms with van der Waals surface area (Å²) < 4.78 is 2.07. The molecule has 0 saturated carbocycles. The molecule has 2 rings (SSSR count). The maximum absolute atomic E-state index is 12.6. The first-order valence-electron chi connectivity index (χ1n) is 14.3. The molecule has 0 bridgehead atoms. The molecule has 188 valence electrons. The number of aryl methyl sites for hydroxylation is 1. The average molecular weight is 464 g/mol. The van der Waals surface area contributed by atoms with Crippen LogP contribution in [-0.2, 0) is 7.05 Å². The smallest absolute Gasteiger partial charge is 0.190 e. The predicted octanol–water partition coefficient (Wildman–Crippen LogP) is 9.18. The molecule has 0 spiro atoms. The lowest BCUT2D eigenvalue weighted by molar-refractivity contribution is 0.473. The highest BCUT2D eigenvalue weighted by Gasteiger charge is 2.08. The zero-order chi connectivity index (χ0) is 24.4. The minimum Gasteiger partial charge on any atom is -0.337 e. The molecule has 0 aliphatic rings. The number of fused-ring (bicyclic) bond motifs is 1. The first kappa shape index (κ1) is 28.2. The quantitative estimate of drug-likeness (QED) is 0.169. The fraction of sp³-hybridized carbons (Fsp3) is 0.656. The molecule has 1 heterocycles. The van der Waals surface area contributed by atoms with Gasteiger partial charge in [-0.3, -0.25) is 4.79 Å². The Balaban J connectivity index is 1.94. The Hall–Kier alpha value is -2.01. The van der Waals surface area contributed by atoms with E-state index in [1.807, 2.05) is 31.3 Å². The number of nitrogens with zero attached hydrogens (tertiary/aromatic N) is 1. The molecule has 0 saturated heterocycles. The SMILES string of the molecule is CCCCCCCCCCC(C#Cc1cc(=O)c2ccccc2n1C)CCCCCCCCC. The molecule has 0 fully saturated rings. The minimum absolute atomic E-state index is 0.0738. The summed E-state index contributed by atoms with van der Waals surface area (Å²) in [5.74, 6) is 7.43. The molecular formula is C32H49NO. The van der Waals surface area contributed by atoms with E-state index >= 15 is 0 Å². The number of benzene rings is 1. The topological polar surface area (TPSA) is 22.0 Å².